The second-order valence-corrected chi connectivity index (χ2v) is 8.26. The summed E-state index contributed by atoms with van der Waals surface area (Å²) in [6.07, 6.45) is 5.26. The molecule has 1 aromatic heterocycles. The second kappa shape index (κ2) is 8.78. The van der Waals surface area contributed by atoms with Crippen molar-refractivity contribution in [2.45, 2.75) is 64.2 Å². The minimum atomic E-state index is -0.312. The van der Waals surface area contributed by atoms with Crippen LogP contribution < -0.4 is 5.73 Å². The van der Waals surface area contributed by atoms with E-state index in [-0.39, 0.29) is 12.1 Å². The number of aromatic nitrogens is 2. The van der Waals surface area contributed by atoms with Crippen LogP contribution in [0, 0.1) is 0 Å². The van der Waals surface area contributed by atoms with E-state index in [1.165, 1.54) is 0 Å². The molecule has 0 spiro atoms. The highest BCUT2D eigenvalue weighted by atomic mass is 32.2. The fourth-order valence-corrected chi connectivity index (χ4v) is 4.22. The van der Waals surface area contributed by atoms with Crippen molar-refractivity contribution in [3.8, 4) is 0 Å². The van der Waals surface area contributed by atoms with Crippen LogP contribution in [0.3, 0.4) is 0 Å². The van der Waals surface area contributed by atoms with Crippen molar-refractivity contribution < 1.29 is 9.53 Å². The number of rotatable bonds is 7. The SMILES string of the molecule is CCCCCC(C)OC(=O)c1ccc2c(c1)nc(N)n2C1=NCC(CC)S1. The molecule has 0 radical (unpaired) electrons. The normalized spacial score (nSPS) is 17.9. The summed E-state index contributed by atoms with van der Waals surface area (Å²) in [4.78, 5) is 21.5. The third-order valence-electron chi connectivity index (χ3n) is 4.79. The quantitative estimate of drug-likeness (QED) is 0.559. The van der Waals surface area contributed by atoms with E-state index in [0.717, 1.165) is 49.3 Å². The molecule has 6 nitrogen and oxygen atoms in total. The van der Waals surface area contributed by atoms with Gasteiger partial charge in [-0.3, -0.25) is 9.56 Å². The molecule has 7 heteroatoms. The fourth-order valence-electron chi connectivity index (χ4n) is 3.16. The standard InChI is InChI=1S/C20H28N4O2S/c1-4-6-7-8-13(3)26-18(25)14-9-10-17-16(11-14)23-19(21)24(17)20-22-12-15(5-2)27-20/h9-11,13,15H,4-8,12H2,1-3H3,(H2,21,23). The van der Waals surface area contributed by atoms with Gasteiger partial charge in [-0.25, -0.2) is 9.78 Å². The Hall–Kier alpha value is -2.02. The van der Waals surface area contributed by atoms with E-state index in [1.807, 2.05) is 17.6 Å². The molecular formula is C20H28N4O2S. The Morgan fingerprint density at radius 1 is 1.41 bits per heavy atom. The molecule has 3 rings (SSSR count). The molecule has 2 aromatic rings. The molecule has 0 bridgehead atoms. The van der Waals surface area contributed by atoms with E-state index in [9.17, 15) is 4.79 Å². The van der Waals surface area contributed by atoms with Crippen LogP contribution >= 0.6 is 11.8 Å². The number of benzene rings is 1. The molecule has 0 amide bonds. The Labute approximate surface area is 164 Å². The zero-order chi connectivity index (χ0) is 19.4. The van der Waals surface area contributed by atoms with Gasteiger partial charge in [0.05, 0.1) is 29.2 Å². The Kier molecular flexibility index (Phi) is 6.42. The fraction of sp³-hybridized carbons (Fsp3) is 0.550. The van der Waals surface area contributed by atoms with Gasteiger partial charge in [0.15, 0.2) is 5.17 Å². The molecule has 2 N–H and O–H groups in total. The monoisotopic (exact) mass is 388 g/mol. The van der Waals surface area contributed by atoms with E-state index in [4.69, 9.17) is 10.5 Å². The number of carbonyl (C=O) groups is 1. The van der Waals surface area contributed by atoms with Gasteiger partial charge < -0.3 is 10.5 Å². The highest BCUT2D eigenvalue weighted by Gasteiger charge is 2.23. The summed E-state index contributed by atoms with van der Waals surface area (Å²) in [7, 11) is 0. The maximum absolute atomic E-state index is 12.4. The molecule has 27 heavy (non-hydrogen) atoms. The molecule has 0 saturated carbocycles. The predicted octanol–water partition coefficient (Wildman–Crippen LogP) is 4.47. The Morgan fingerprint density at radius 2 is 2.22 bits per heavy atom. The van der Waals surface area contributed by atoms with E-state index in [0.29, 0.717) is 22.3 Å². The van der Waals surface area contributed by atoms with Gasteiger partial charge in [-0.05, 0) is 44.4 Å². The molecule has 1 aromatic carbocycles. The predicted molar refractivity (Wildman–Crippen MR) is 113 cm³/mol. The van der Waals surface area contributed by atoms with Crippen molar-refractivity contribution in [3.63, 3.8) is 0 Å². The average molecular weight is 389 g/mol. The van der Waals surface area contributed by atoms with Crippen molar-refractivity contribution in [2.24, 2.45) is 4.99 Å². The summed E-state index contributed by atoms with van der Waals surface area (Å²) in [6, 6.07) is 5.40. The van der Waals surface area contributed by atoms with Crippen LogP contribution in [0.2, 0.25) is 0 Å². The zero-order valence-corrected chi connectivity index (χ0v) is 17.1. The number of thioether (sulfide) groups is 1. The zero-order valence-electron chi connectivity index (χ0n) is 16.3. The number of hydrogen-bond donors (Lipinski definition) is 1. The van der Waals surface area contributed by atoms with Crippen molar-refractivity contribution in [1.29, 1.82) is 0 Å². The summed E-state index contributed by atoms with van der Waals surface area (Å²) < 4.78 is 7.44. The van der Waals surface area contributed by atoms with Gasteiger partial charge in [-0.1, -0.05) is 38.5 Å². The number of nitrogen functional groups attached to an aromatic ring is 1. The Balaban J connectivity index is 1.76. The molecule has 0 fully saturated rings. The number of hydrogen-bond acceptors (Lipinski definition) is 6. The lowest BCUT2D eigenvalue weighted by Crippen LogP contribution is -2.15. The third kappa shape index (κ3) is 4.46. The van der Waals surface area contributed by atoms with Crippen LogP contribution in [-0.4, -0.2) is 38.6 Å². The lowest BCUT2D eigenvalue weighted by Gasteiger charge is -2.13. The maximum Gasteiger partial charge on any atom is 0.338 e. The van der Waals surface area contributed by atoms with Gasteiger partial charge in [-0.2, -0.15) is 0 Å². The van der Waals surface area contributed by atoms with Crippen molar-refractivity contribution >= 4 is 39.9 Å². The summed E-state index contributed by atoms with van der Waals surface area (Å²) >= 11 is 1.73. The molecule has 2 atom stereocenters. The summed E-state index contributed by atoms with van der Waals surface area (Å²) in [6.45, 7) is 7.07. The first-order valence-corrected chi connectivity index (χ1v) is 10.6. The number of ether oxygens (including phenoxy) is 1. The Morgan fingerprint density at radius 3 is 2.93 bits per heavy atom. The smallest absolute Gasteiger partial charge is 0.338 e. The molecule has 0 aliphatic carbocycles. The first-order chi connectivity index (χ1) is 13.0. The number of esters is 1. The van der Waals surface area contributed by atoms with Gasteiger partial charge in [0.2, 0.25) is 5.95 Å². The number of nitrogens with two attached hydrogens (primary N) is 1. The van der Waals surface area contributed by atoms with Gasteiger partial charge in [0.25, 0.3) is 0 Å². The molecule has 2 heterocycles. The van der Waals surface area contributed by atoms with Crippen molar-refractivity contribution in [1.82, 2.24) is 9.55 Å². The van der Waals surface area contributed by atoms with Crippen LogP contribution in [-0.2, 0) is 4.74 Å². The van der Waals surface area contributed by atoms with Gasteiger partial charge in [0, 0.05) is 5.25 Å². The van der Waals surface area contributed by atoms with Gasteiger partial charge >= 0.3 is 5.97 Å². The maximum atomic E-state index is 12.4. The van der Waals surface area contributed by atoms with Gasteiger partial charge in [-0.15, -0.1) is 0 Å². The van der Waals surface area contributed by atoms with Crippen molar-refractivity contribution in [2.75, 3.05) is 12.3 Å². The van der Waals surface area contributed by atoms with Crippen LogP contribution in [0.25, 0.3) is 11.0 Å². The van der Waals surface area contributed by atoms with E-state index >= 15 is 0 Å². The highest BCUT2D eigenvalue weighted by molar-refractivity contribution is 8.14. The van der Waals surface area contributed by atoms with E-state index in [1.54, 1.807) is 23.9 Å². The lowest BCUT2D eigenvalue weighted by atomic mass is 10.1. The molecule has 0 saturated heterocycles. The first kappa shape index (κ1) is 19.7. The van der Waals surface area contributed by atoms with Crippen LogP contribution in [0.15, 0.2) is 23.2 Å². The highest BCUT2D eigenvalue weighted by Crippen LogP contribution is 2.29. The number of carbonyl (C=O) groups excluding carboxylic acids is 1. The number of imidazole rings is 1. The molecule has 1 aliphatic rings. The van der Waals surface area contributed by atoms with Crippen LogP contribution in [0.1, 0.15) is 63.2 Å². The number of nitrogens with zero attached hydrogens (tertiary/aromatic N) is 3. The number of fused-ring (bicyclic) bond motifs is 1. The number of unbranched alkanes of at least 4 members (excludes halogenated alkanes) is 2. The third-order valence-corrected chi connectivity index (χ3v) is 6.13. The molecular weight excluding hydrogens is 360 g/mol. The molecule has 2 unspecified atom stereocenters. The van der Waals surface area contributed by atoms with Gasteiger partial charge in [0.1, 0.15) is 0 Å². The van der Waals surface area contributed by atoms with Crippen LogP contribution in [0.5, 0.6) is 0 Å². The minimum Gasteiger partial charge on any atom is -0.459 e. The minimum absolute atomic E-state index is 0.0856. The van der Waals surface area contributed by atoms with Crippen LogP contribution in [0.4, 0.5) is 5.95 Å². The van der Waals surface area contributed by atoms with Crippen molar-refractivity contribution in [3.05, 3.63) is 23.8 Å². The lowest BCUT2D eigenvalue weighted by molar-refractivity contribution is 0.0320. The molecule has 146 valence electrons. The van der Waals surface area contributed by atoms with E-state index < -0.39 is 0 Å². The Bertz CT molecular complexity index is 846. The largest absolute Gasteiger partial charge is 0.459 e. The second-order valence-electron chi connectivity index (χ2n) is 6.99. The van der Waals surface area contributed by atoms with E-state index in [2.05, 4.69) is 23.8 Å². The number of anilines is 1. The summed E-state index contributed by atoms with van der Waals surface area (Å²) in [5.74, 6) is 0.0825. The topological polar surface area (TPSA) is 82.5 Å². The molecule has 1 aliphatic heterocycles. The summed E-state index contributed by atoms with van der Waals surface area (Å²) in [5.41, 5.74) is 8.19. The average Bonchev–Trinajstić information content (AvgIpc) is 3.24. The summed E-state index contributed by atoms with van der Waals surface area (Å²) in [5, 5.41) is 1.36. The first-order valence-electron chi connectivity index (χ1n) is 9.73. The number of aliphatic imine (C=N–C) groups is 1.